The molecule has 0 aromatic heterocycles. The van der Waals surface area contributed by atoms with Gasteiger partial charge in [-0.05, 0) is 53.4 Å². The number of rotatable bonds is 2. The summed E-state index contributed by atoms with van der Waals surface area (Å²) >= 11 is 9.05. The maximum absolute atomic E-state index is 13.5. The van der Waals surface area contributed by atoms with E-state index in [9.17, 15) is 9.18 Å². The molecule has 1 fully saturated rings. The van der Waals surface area contributed by atoms with E-state index in [1.165, 1.54) is 12.1 Å². The van der Waals surface area contributed by atoms with Crippen LogP contribution in [0.2, 0.25) is 5.02 Å². The molecule has 0 bridgehead atoms. The van der Waals surface area contributed by atoms with E-state index in [0.717, 1.165) is 12.8 Å². The minimum Gasteiger partial charge on any atom is -0.339 e. The number of likely N-dealkylation sites (tertiary alicyclic amines) is 1. The van der Waals surface area contributed by atoms with Crippen molar-refractivity contribution in [3.63, 3.8) is 0 Å². The monoisotopic (exact) mass is 348 g/mol. The van der Waals surface area contributed by atoms with Crippen molar-refractivity contribution in [2.45, 2.75) is 12.8 Å². The van der Waals surface area contributed by atoms with Gasteiger partial charge in [-0.25, -0.2) is 4.39 Å². The molecule has 1 aliphatic rings. The van der Waals surface area contributed by atoms with Crippen LogP contribution in [-0.4, -0.2) is 30.4 Å². The van der Waals surface area contributed by atoms with Crippen LogP contribution in [0.15, 0.2) is 16.6 Å². The lowest BCUT2D eigenvalue weighted by Gasteiger charge is -2.31. The van der Waals surface area contributed by atoms with Gasteiger partial charge in [0.1, 0.15) is 5.82 Å². The van der Waals surface area contributed by atoms with Gasteiger partial charge in [0.25, 0.3) is 5.91 Å². The Bertz CT molecular complexity index is 490. The standard InChI is InChI=1S/C13H15BrClFN2O/c14-10-6-11(15)9(5-12(10)16)13(19)18-3-1-8(7-17)2-4-18/h5-6,8H,1-4,7,17H2. The number of benzene rings is 1. The quantitative estimate of drug-likeness (QED) is 0.834. The molecular formula is C13H15BrClFN2O. The lowest BCUT2D eigenvalue weighted by atomic mass is 9.96. The van der Waals surface area contributed by atoms with Gasteiger partial charge >= 0.3 is 0 Å². The Morgan fingerprint density at radius 2 is 2.11 bits per heavy atom. The van der Waals surface area contributed by atoms with Crippen molar-refractivity contribution < 1.29 is 9.18 Å². The molecular weight excluding hydrogens is 335 g/mol. The van der Waals surface area contributed by atoms with Crippen LogP contribution in [0.25, 0.3) is 0 Å². The molecule has 104 valence electrons. The molecule has 0 spiro atoms. The Balaban J connectivity index is 2.14. The second kappa shape index (κ2) is 6.20. The minimum atomic E-state index is -0.482. The zero-order chi connectivity index (χ0) is 14.0. The fourth-order valence-corrected chi connectivity index (χ4v) is 2.95. The van der Waals surface area contributed by atoms with Gasteiger partial charge in [-0.15, -0.1) is 0 Å². The molecule has 1 amide bonds. The van der Waals surface area contributed by atoms with Crippen molar-refractivity contribution in [3.05, 3.63) is 33.0 Å². The molecule has 1 saturated heterocycles. The van der Waals surface area contributed by atoms with Crippen LogP contribution in [0.3, 0.4) is 0 Å². The maximum atomic E-state index is 13.5. The summed E-state index contributed by atoms with van der Waals surface area (Å²) in [5.74, 6) is -0.224. The van der Waals surface area contributed by atoms with Crippen molar-refractivity contribution >= 4 is 33.4 Å². The predicted octanol–water partition coefficient (Wildman–Crippen LogP) is 3.05. The first-order valence-electron chi connectivity index (χ1n) is 6.16. The Kier molecular flexibility index (Phi) is 4.81. The summed E-state index contributed by atoms with van der Waals surface area (Å²) in [6.07, 6.45) is 1.78. The van der Waals surface area contributed by atoms with Crippen LogP contribution in [0, 0.1) is 11.7 Å². The van der Waals surface area contributed by atoms with Crippen molar-refractivity contribution in [1.29, 1.82) is 0 Å². The van der Waals surface area contributed by atoms with Crippen molar-refractivity contribution in [3.8, 4) is 0 Å². The molecule has 1 aromatic carbocycles. The van der Waals surface area contributed by atoms with Gasteiger partial charge in [-0.2, -0.15) is 0 Å². The first-order valence-corrected chi connectivity index (χ1v) is 7.34. The van der Waals surface area contributed by atoms with E-state index in [4.69, 9.17) is 17.3 Å². The Morgan fingerprint density at radius 1 is 1.47 bits per heavy atom. The molecule has 0 radical (unpaired) electrons. The lowest BCUT2D eigenvalue weighted by Crippen LogP contribution is -2.40. The minimum absolute atomic E-state index is 0.216. The van der Waals surface area contributed by atoms with Gasteiger partial charge < -0.3 is 10.6 Å². The molecule has 0 unspecified atom stereocenters. The number of nitrogens with zero attached hydrogens (tertiary/aromatic N) is 1. The first kappa shape index (κ1) is 14.8. The van der Waals surface area contributed by atoms with E-state index in [-0.39, 0.29) is 21.0 Å². The molecule has 0 aliphatic carbocycles. The normalized spacial score (nSPS) is 16.7. The number of carbonyl (C=O) groups is 1. The van der Waals surface area contributed by atoms with Crippen LogP contribution in [-0.2, 0) is 0 Å². The maximum Gasteiger partial charge on any atom is 0.255 e. The highest BCUT2D eigenvalue weighted by Crippen LogP contribution is 2.27. The van der Waals surface area contributed by atoms with Crippen LogP contribution in [0.5, 0.6) is 0 Å². The van der Waals surface area contributed by atoms with Crippen LogP contribution in [0.1, 0.15) is 23.2 Å². The average Bonchev–Trinajstić information content (AvgIpc) is 2.42. The van der Waals surface area contributed by atoms with E-state index in [1.807, 2.05) is 0 Å². The van der Waals surface area contributed by atoms with Gasteiger partial charge in [0, 0.05) is 13.1 Å². The second-order valence-electron chi connectivity index (χ2n) is 4.72. The molecule has 2 rings (SSSR count). The summed E-state index contributed by atoms with van der Waals surface area (Å²) in [6.45, 7) is 1.94. The van der Waals surface area contributed by atoms with E-state index in [1.54, 1.807) is 4.90 Å². The van der Waals surface area contributed by atoms with Gasteiger partial charge in [0.2, 0.25) is 0 Å². The zero-order valence-corrected chi connectivity index (χ0v) is 12.7. The van der Waals surface area contributed by atoms with E-state index in [0.29, 0.717) is 25.6 Å². The third-order valence-corrected chi connectivity index (χ3v) is 4.40. The summed E-state index contributed by atoms with van der Waals surface area (Å²) in [6, 6.07) is 2.60. The summed E-state index contributed by atoms with van der Waals surface area (Å²) in [7, 11) is 0. The SMILES string of the molecule is NCC1CCN(C(=O)c2cc(F)c(Br)cc2Cl)CC1. The number of halogens is 3. The Labute approximate surface area is 125 Å². The number of hydrogen-bond donors (Lipinski definition) is 1. The van der Waals surface area contributed by atoms with Crippen molar-refractivity contribution in [2.24, 2.45) is 11.7 Å². The first-order chi connectivity index (χ1) is 9.02. The molecule has 0 atom stereocenters. The highest BCUT2D eigenvalue weighted by Gasteiger charge is 2.25. The van der Waals surface area contributed by atoms with E-state index in [2.05, 4.69) is 15.9 Å². The third kappa shape index (κ3) is 3.27. The number of hydrogen-bond acceptors (Lipinski definition) is 2. The fourth-order valence-electron chi connectivity index (χ4n) is 2.23. The fraction of sp³-hybridized carbons (Fsp3) is 0.462. The van der Waals surface area contributed by atoms with Gasteiger partial charge in [0.05, 0.1) is 15.1 Å². The predicted molar refractivity (Wildman–Crippen MR) is 76.8 cm³/mol. The third-order valence-electron chi connectivity index (χ3n) is 3.48. The molecule has 1 heterocycles. The summed E-state index contributed by atoms with van der Waals surface area (Å²) in [5, 5.41) is 0.263. The van der Waals surface area contributed by atoms with Crippen LogP contribution < -0.4 is 5.73 Å². The number of piperidine rings is 1. The average molecular weight is 350 g/mol. The van der Waals surface area contributed by atoms with Gasteiger partial charge in [-0.1, -0.05) is 11.6 Å². The van der Waals surface area contributed by atoms with Crippen molar-refractivity contribution in [1.82, 2.24) is 4.90 Å². The number of carbonyl (C=O) groups excluding carboxylic acids is 1. The molecule has 6 heteroatoms. The smallest absolute Gasteiger partial charge is 0.255 e. The van der Waals surface area contributed by atoms with E-state index < -0.39 is 5.82 Å². The Hall–Kier alpha value is -0.650. The summed E-state index contributed by atoms with van der Waals surface area (Å²) < 4.78 is 13.8. The van der Waals surface area contributed by atoms with Crippen LogP contribution in [0.4, 0.5) is 4.39 Å². The molecule has 2 N–H and O–H groups in total. The number of amides is 1. The largest absolute Gasteiger partial charge is 0.339 e. The number of nitrogens with two attached hydrogens (primary N) is 1. The molecule has 19 heavy (non-hydrogen) atoms. The van der Waals surface area contributed by atoms with Crippen LogP contribution >= 0.6 is 27.5 Å². The molecule has 0 saturated carbocycles. The lowest BCUT2D eigenvalue weighted by molar-refractivity contribution is 0.0693. The molecule has 3 nitrogen and oxygen atoms in total. The highest BCUT2D eigenvalue weighted by atomic mass is 79.9. The second-order valence-corrected chi connectivity index (χ2v) is 5.98. The zero-order valence-electron chi connectivity index (χ0n) is 10.3. The van der Waals surface area contributed by atoms with E-state index >= 15 is 0 Å². The topological polar surface area (TPSA) is 46.3 Å². The molecule has 1 aliphatic heterocycles. The molecule has 1 aromatic rings. The highest BCUT2D eigenvalue weighted by molar-refractivity contribution is 9.10. The van der Waals surface area contributed by atoms with Gasteiger partial charge in [-0.3, -0.25) is 4.79 Å². The summed E-state index contributed by atoms with van der Waals surface area (Å²) in [4.78, 5) is 14.0. The Morgan fingerprint density at radius 3 is 2.68 bits per heavy atom. The summed E-state index contributed by atoms with van der Waals surface area (Å²) in [5.41, 5.74) is 5.83. The van der Waals surface area contributed by atoms with Gasteiger partial charge in [0.15, 0.2) is 0 Å². The van der Waals surface area contributed by atoms with Crippen molar-refractivity contribution in [2.75, 3.05) is 19.6 Å².